The van der Waals surface area contributed by atoms with Gasteiger partial charge in [-0.3, -0.25) is 0 Å². The van der Waals surface area contributed by atoms with Crippen molar-refractivity contribution in [1.29, 1.82) is 0 Å². The molecule has 0 aromatic heterocycles. The molecule has 1 N–H and O–H groups in total. The molecule has 0 bridgehead atoms. The first-order valence-corrected chi connectivity index (χ1v) is 4.25. The smallest absolute Gasteiger partial charge is 0.328 e. The molecule has 4 heteroatoms. The van der Waals surface area contributed by atoms with Crippen LogP contribution in [-0.4, -0.2) is 11.1 Å². The van der Waals surface area contributed by atoms with Gasteiger partial charge in [0.25, 0.3) is 0 Å². The molecule has 1 rings (SSSR count). The SMILES string of the molecule is O=C(O)/C=C/c1cc(F)ccc1Br. The van der Waals surface area contributed by atoms with Crippen molar-refractivity contribution in [2.75, 3.05) is 0 Å². The van der Waals surface area contributed by atoms with Gasteiger partial charge in [-0.15, -0.1) is 0 Å². The average Bonchev–Trinajstić information content (AvgIpc) is 2.06. The van der Waals surface area contributed by atoms with Gasteiger partial charge >= 0.3 is 5.97 Å². The van der Waals surface area contributed by atoms with Crippen molar-refractivity contribution in [2.24, 2.45) is 0 Å². The van der Waals surface area contributed by atoms with E-state index in [9.17, 15) is 9.18 Å². The first-order chi connectivity index (χ1) is 6.09. The van der Waals surface area contributed by atoms with Crippen molar-refractivity contribution in [2.45, 2.75) is 0 Å². The van der Waals surface area contributed by atoms with E-state index in [2.05, 4.69) is 15.9 Å². The van der Waals surface area contributed by atoms with E-state index in [1.807, 2.05) is 0 Å². The molecule has 0 aliphatic rings. The van der Waals surface area contributed by atoms with Crippen molar-refractivity contribution in [1.82, 2.24) is 0 Å². The molecule has 0 fully saturated rings. The summed E-state index contributed by atoms with van der Waals surface area (Å²) in [5.41, 5.74) is 0.502. The summed E-state index contributed by atoms with van der Waals surface area (Å²) in [5.74, 6) is -1.45. The molecule has 0 aliphatic carbocycles. The lowest BCUT2D eigenvalue weighted by Crippen LogP contribution is -1.86. The summed E-state index contributed by atoms with van der Waals surface area (Å²) in [6.07, 6.45) is 2.29. The number of hydrogen-bond acceptors (Lipinski definition) is 1. The summed E-state index contributed by atoms with van der Waals surface area (Å²) in [6.45, 7) is 0. The highest BCUT2D eigenvalue weighted by Gasteiger charge is 1.98. The quantitative estimate of drug-likeness (QED) is 0.813. The van der Waals surface area contributed by atoms with Crippen molar-refractivity contribution in [3.63, 3.8) is 0 Å². The first-order valence-electron chi connectivity index (χ1n) is 3.45. The summed E-state index contributed by atoms with van der Waals surface area (Å²) >= 11 is 3.17. The molecule has 0 aliphatic heterocycles. The van der Waals surface area contributed by atoms with Gasteiger partial charge in [0, 0.05) is 10.5 Å². The Balaban J connectivity index is 3.00. The maximum Gasteiger partial charge on any atom is 0.328 e. The lowest BCUT2D eigenvalue weighted by molar-refractivity contribution is -0.131. The van der Waals surface area contributed by atoms with Gasteiger partial charge in [0.15, 0.2) is 0 Å². The molecule has 0 amide bonds. The van der Waals surface area contributed by atoms with Crippen LogP contribution in [0.3, 0.4) is 0 Å². The van der Waals surface area contributed by atoms with E-state index >= 15 is 0 Å². The van der Waals surface area contributed by atoms with Crippen LogP contribution < -0.4 is 0 Å². The maximum atomic E-state index is 12.7. The van der Waals surface area contributed by atoms with Crippen LogP contribution in [0.5, 0.6) is 0 Å². The van der Waals surface area contributed by atoms with E-state index in [1.165, 1.54) is 24.3 Å². The molecule has 2 nitrogen and oxygen atoms in total. The third-order valence-corrected chi connectivity index (χ3v) is 2.09. The third kappa shape index (κ3) is 2.99. The molecule has 1 aromatic carbocycles. The molecule has 0 saturated heterocycles. The second-order valence-corrected chi connectivity index (χ2v) is 3.19. The Labute approximate surface area is 82.8 Å². The van der Waals surface area contributed by atoms with Gasteiger partial charge in [-0.25, -0.2) is 9.18 Å². The minimum absolute atomic E-state index is 0.395. The summed E-state index contributed by atoms with van der Waals surface area (Å²) in [6, 6.07) is 4.07. The van der Waals surface area contributed by atoms with E-state index in [0.717, 1.165) is 6.08 Å². The highest BCUT2D eigenvalue weighted by molar-refractivity contribution is 9.10. The fourth-order valence-corrected chi connectivity index (χ4v) is 1.18. The first kappa shape index (κ1) is 9.92. The van der Waals surface area contributed by atoms with Gasteiger partial charge in [-0.05, 0) is 29.8 Å². The molecular formula is C9H6BrFO2. The zero-order valence-corrected chi connectivity index (χ0v) is 8.08. The van der Waals surface area contributed by atoms with Gasteiger partial charge in [0.05, 0.1) is 0 Å². The fourth-order valence-electron chi connectivity index (χ4n) is 0.803. The van der Waals surface area contributed by atoms with E-state index in [-0.39, 0.29) is 0 Å². The number of rotatable bonds is 2. The predicted octanol–water partition coefficient (Wildman–Crippen LogP) is 2.69. The van der Waals surface area contributed by atoms with Crippen LogP contribution in [0.4, 0.5) is 4.39 Å². The molecule has 13 heavy (non-hydrogen) atoms. The van der Waals surface area contributed by atoms with Crippen molar-refractivity contribution in [3.8, 4) is 0 Å². The van der Waals surface area contributed by atoms with Crippen molar-refractivity contribution < 1.29 is 14.3 Å². The lowest BCUT2D eigenvalue weighted by Gasteiger charge is -1.96. The number of halogens is 2. The summed E-state index contributed by atoms with van der Waals surface area (Å²) < 4.78 is 13.3. The van der Waals surface area contributed by atoms with Gasteiger partial charge in [0.2, 0.25) is 0 Å². The Bertz CT molecular complexity index is 361. The summed E-state index contributed by atoms with van der Waals surface area (Å²) in [5, 5.41) is 8.34. The summed E-state index contributed by atoms with van der Waals surface area (Å²) in [7, 11) is 0. The Morgan fingerprint density at radius 1 is 1.54 bits per heavy atom. The minimum atomic E-state index is -1.06. The zero-order chi connectivity index (χ0) is 9.84. The Morgan fingerprint density at radius 2 is 2.23 bits per heavy atom. The molecule has 1 aromatic rings. The highest BCUT2D eigenvalue weighted by Crippen LogP contribution is 2.18. The number of carbonyl (C=O) groups is 1. The van der Waals surface area contributed by atoms with Crippen LogP contribution in [0.2, 0.25) is 0 Å². The largest absolute Gasteiger partial charge is 0.478 e. The van der Waals surface area contributed by atoms with Crippen LogP contribution in [0, 0.1) is 5.82 Å². The third-order valence-electron chi connectivity index (χ3n) is 1.36. The number of hydrogen-bond donors (Lipinski definition) is 1. The molecule has 68 valence electrons. The molecule has 0 saturated carbocycles. The van der Waals surface area contributed by atoms with Crippen LogP contribution in [0.1, 0.15) is 5.56 Å². The normalized spacial score (nSPS) is 10.6. The van der Waals surface area contributed by atoms with Gasteiger partial charge in [-0.2, -0.15) is 0 Å². The lowest BCUT2D eigenvalue weighted by atomic mass is 10.2. The Hall–Kier alpha value is -1.16. The van der Waals surface area contributed by atoms with Crippen molar-refractivity contribution in [3.05, 3.63) is 40.1 Å². The maximum absolute atomic E-state index is 12.7. The topological polar surface area (TPSA) is 37.3 Å². The fraction of sp³-hybridized carbons (Fsp3) is 0. The monoisotopic (exact) mass is 244 g/mol. The number of benzene rings is 1. The van der Waals surface area contributed by atoms with Gasteiger partial charge in [-0.1, -0.05) is 15.9 Å². The molecule has 0 unspecified atom stereocenters. The molecular weight excluding hydrogens is 239 g/mol. The minimum Gasteiger partial charge on any atom is -0.478 e. The molecule has 0 atom stereocenters. The highest BCUT2D eigenvalue weighted by atomic mass is 79.9. The van der Waals surface area contributed by atoms with Crippen LogP contribution in [0.15, 0.2) is 28.7 Å². The predicted molar refractivity (Wildman–Crippen MR) is 50.8 cm³/mol. The van der Waals surface area contributed by atoms with Gasteiger partial charge in [0.1, 0.15) is 5.82 Å². The number of carboxylic acid groups (broad SMARTS) is 1. The van der Waals surface area contributed by atoms with E-state index < -0.39 is 11.8 Å². The van der Waals surface area contributed by atoms with E-state index in [1.54, 1.807) is 0 Å². The van der Waals surface area contributed by atoms with Gasteiger partial charge < -0.3 is 5.11 Å². The Kier molecular flexibility index (Phi) is 3.19. The van der Waals surface area contributed by atoms with Crippen LogP contribution >= 0.6 is 15.9 Å². The van der Waals surface area contributed by atoms with Crippen LogP contribution in [-0.2, 0) is 4.79 Å². The second-order valence-electron chi connectivity index (χ2n) is 2.34. The molecule has 0 spiro atoms. The van der Waals surface area contributed by atoms with Crippen LogP contribution in [0.25, 0.3) is 6.08 Å². The Morgan fingerprint density at radius 3 is 2.85 bits per heavy atom. The number of aliphatic carboxylic acids is 1. The second kappa shape index (κ2) is 4.18. The molecule has 0 heterocycles. The van der Waals surface area contributed by atoms with E-state index in [0.29, 0.717) is 10.0 Å². The zero-order valence-electron chi connectivity index (χ0n) is 6.50. The van der Waals surface area contributed by atoms with Crippen molar-refractivity contribution >= 4 is 28.0 Å². The van der Waals surface area contributed by atoms with E-state index in [4.69, 9.17) is 5.11 Å². The summed E-state index contributed by atoms with van der Waals surface area (Å²) in [4.78, 5) is 10.2. The average molecular weight is 245 g/mol. The molecule has 0 radical (unpaired) electrons. The standard InChI is InChI=1S/C9H6BrFO2/c10-8-3-2-7(11)5-6(8)1-4-9(12)13/h1-5H,(H,12,13)/b4-1+. The number of carboxylic acids is 1.